The van der Waals surface area contributed by atoms with Crippen LogP contribution in [0.25, 0.3) is 0 Å². The molecule has 2 aliphatic heterocycles. The van der Waals surface area contributed by atoms with Gasteiger partial charge in [-0.05, 0) is 69.2 Å². The number of hydrogen-bond acceptors (Lipinski definition) is 4. The Labute approximate surface area is 180 Å². The summed E-state index contributed by atoms with van der Waals surface area (Å²) in [6.45, 7) is 6.48. The van der Waals surface area contributed by atoms with Gasteiger partial charge in [0.25, 0.3) is 0 Å². The van der Waals surface area contributed by atoms with E-state index in [2.05, 4.69) is 47.1 Å². The van der Waals surface area contributed by atoms with Gasteiger partial charge < -0.3 is 10.1 Å². The van der Waals surface area contributed by atoms with Crippen molar-refractivity contribution in [2.75, 3.05) is 13.2 Å². The zero-order valence-electron chi connectivity index (χ0n) is 18.5. The highest BCUT2D eigenvalue weighted by Gasteiger charge is 2.48. The van der Waals surface area contributed by atoms with Crippen LogP contribution >= 0.6 is 0 Å². The molecule has 0 unspecified atom stereocenters. The Morgan fingerprint density at radius 2 is 2.03 bits per heavy atom. The molecular weight excluding hydrogens is 372 g/mol. The second-order valence-electron chi connectivity index (χ2n) is 10.2. The van der Waals surface area contributed by atoms with Gasteiger partial charge in [0.2, 0.25) is 0 Å². The number of rotatable bonds is 6. The van der Waals surface area contributed by atoms with Gasteiger partial charge in [0.05, 0.1) is 23.4 Å². The van der Waals surface area contributed by atoms with Crippen LogP contribution in [-0.4, -0.2) is 33.5 Å². The van der Waals surface area contributed by atoms with E-state index in [9.17, 15) is 0 Å². The van der Waals surface area contributed by atoms with Crippen LogP contribution < -0.4 is 5.32 Å². The summed E-state index contributed by atoms with van der Waals surface area (Å²) < 4.78 is 8.65. The van der Waals surface area contributed by atoms with Crippen molar-refractivity contribution < 1.29 is 4.74 Å². The minimum atomic E-state index is 0.0878. The summed E-state index contributed by atoms with van der Waals surface area (Å²) >= 11 is 0. The molecule has 2 aromatic rings. The first-order valence-corrected chi connectivity index (χ1v) is 11.9. The number of hydrogen-bond donors (Lipinski definition) is 1. The van der Waals surface area contributed by atoms with Crippen molar-refractivity contribution in [1.29, 1.82) is 0 Å². The van der Waals surface area contributed by atoms with Crippen LogP contribution in [0.2, 0.25) is 0 Å². The van der Waals surface area contributed by atoms with E-state index in [-0.39, 0.29) is 11.0 Å². The topological polar surface area (TPSA) is 52.0 Å². The molecule has 1 N–H and O–H groups in total. The first-order valence-electron chi connectivity index (χ1n) is 11.9. The lowest BCUT2D eigenvalue weighted by atomic mass is 9.68. The average molecular weight is 409 g/mol. The van der Waals surface area contributed by atoms with Crippen molar-refractivity contribution in [3.8, 4) is 0 Å². The molecule has 5 rings (SSSR count). The van der Waals surface area contributed by atoms with E-state index in [4.69, 9.17) is 9.72 Å². The summed E-state index contributed by atoms with van der Waals surface area (Å²) in [6, 6.07) is 9.52. The molecule has 5 heteroatoms. The summed E-state index contributed by atoms with van der Waals surface area (Å²) in [5.41, 5.74) is 2.81. The van der Waals surface area contributed by atoms with Crippen molar-refractivity contribution in [2.24, 2.45) is 5.92 Å². The van der Waals surface area contributed by atoms with Crippen LogP contribution in [0, 0.1) is 5.92 Å². The Bertz CT molecular complexity index is 842. The normalized spacial score (nSPS) is 30.2. The van der Waals surface area contributed by atoms with Crippen LogP contribution in [0.1, 0.15) is 88.7 Å². The van der Waals surface area contributed by atoms with Gasteiger partial charge in [0.1, 0.15) is 0 Å². The molecule has 1 aliphatic carbocycles. The third kappa shape index (κ3) is 3.60. The van der Waals surface area contributed by atoms with Crippen LogP contribution in [0.5, 0.6) is 0 Å². The molecule has 0 amide bonds. The number of aromatic nitrogens is 3. The molecule has 3 atom stereocenters. The highest BCUT2D eigenvalue weighted by Crippen LogP contribution is 2.49. The standard InChI is InChI=1S/C25H36N4O/c1-19(2)22-17-20(21-8-14-28-29(21)22)26-15-11-24(23-7-3-6-13-27-23)12-16-30-25(18-24)9-4-5-10-25/h3,6-8,13-14,19-20,22,26H,4-5,9-12,15-18H2,1-2H3/t20-,22+,24-/m1/s1. The molecule has 0 radical (unpaired) electrons. The van der Waals surface area contributed by atoms with E-state index in [1.165, 1.54) is 37.1 Å². The molecule has 162 valence electrons. The van der Waals surface area contributed by atoms with Gasteiger partial charge in [-0.2, -0.15) is 5.10 Å². The maximum absolute atomic E-state index is 6.40. The molecule has 4 heterocycles. The molecule has 3 aliphatic rings. The fourth-order valence-electron chi connectivity index (χ4n) is 6.36. The summed E-state index contributed by atoms with van der Waals surface area (Å²) in [5, 5.41) is 8.51. The molecule has 1 saturated carbocycles. The van der Waals surface area contributed by atoms with Crippen molar-refractivity contribution in [1.82, 2.24) is 20.1 Å². The van der Waals surface area contributed by atoms with Gasteiger partial charge in [0.15, 0.2) is 0 Å². The molecule has 5 nitrogen and oxygen atoms in total. The smallest absolute Gasteiger partial charge is 0.0691 e. The maximum atomic E-state index is 6.40. The first-order chi connectivity index (χ1) is 14.6. The average Bonchev–Trinajstić information content (AvgIpc) is 3.47. The predicted octanol–water partition coefficient (Wildman–Crippen LogP) is 4.96. The molecule has 1 spiro atoms. The molecular formula is C25H36N4O. The zero-order valence-corrected chi connectivity index (χ0v) is 18.5. The van der Waals surface area contributed by atoms with Crippen LogP contribution in [0.3, 0.4) is 0 Å². The van der Waals surface area contributed by atoms with E-state index in [0.29, 0.717) is 18.0 Å². The van der Waals surface area contributed by atoms with Gasteiger partial charge in [-0.25, -0.2) is 0 Å². The number of pyridine rings is 1. The van der Waals surface area contributed by atoms with E-state index < -0.39 is 0 Å². The SMILES string of the molecule is CC(C)[C@@H]1C[C@@H](NCC[C@@]2(c3ccccn3)CCOC3(CCCC3)C2)c2ccnn21. The zero-order chi connectivity index (χ0) is 20.6. The summed E-state index contributed by atoms with van der Waals surface area (Å²) in [5.74, 6) is 0.605. The van der Waals surface area contributed by atoms with Crippen molar-refractivity contribution in [2.45, 2.75) is 88.3 Å². The van der Waals surface area contributed by atoms with Gasteiger partial charge in [-0.15, -0.1) is 0 Å². The van der Waals surface area contributed by atoms with Crippen molar-refractivity contribution in [3.63, 3.8) is 0 Å². The Hall–Kier alpha value is -1.72. The lowest BCUT2D eigenvalue weighted by Crippen LogP contribution is -2.47. The van der Waals surface area contributed by atoms with Gasteiger partial charge in [-0.3, -0.25) is 9.67 Å². The Morgan fingerprint density at radius 1 is 1.17 bits per heavy atom. The summed E-state index contributed by atoms with van der Waals surface area (Å²) in [6.07, 6.45) is 13.4. The quantitative estimate of drug-likeness (QED) is 0.734. The summed E-state index contributed by atoms with van der Waals surface area (Å²) in [7, 11) is 0. The highest BCUT2D eigenvalue weighted by molar-refractivity contribution is 5.21. The molecule has 2 fully saturated rings. The number of nitrogens with one attached hydrogen (secondary N) is 1. The van der Waals surface area contributed by atoms with Crippen LogP contribution in [0.15, 0.2) is 36.7 Å². The third-order valence-corrected chi connectivity index (χ3v) is 7.99. The Balaban J connectivity index is 1.32. The second-order valence-corrected chi connectivity index (χ2v) is 10.2. The van der Waals surface area contributed by atoms with Crippen LogP contribution in [-0.2, 0) is 10.2 Å². The Morgan fingerprint density at radius 3 is 2.80 bits per heavy atom. The number of nitrogens with zero attached hydrogens (tertiary/aromatic N) is 3. The minimum Gasteiger partial charge on any atom is -0.375 e. The predicted molar refractivity (Wildman–Crippen MR) is 118 cm³/mol. The highest BCUT2D eigenvalue weighted by atomic mass is 16.5. The summed E-state index contributed by atoms with van der Waals surface area (Å²) in [4.78, 5) is 4.85. The fraction of sp³-hybridized carbons (Fsp3) is 0.680. The number of ether oxygens (including phenoxy) is 1. The number of fused-ring (bicyclic) bond motifs is 1. The van der Waals surface area contributed by atoms with Gasteiger partial charge in [0, 0.05) is 30.1 Å². The van der Waals surface area contributed by atoms with E-state index >= 15 is 0 Å². The second kappa shape index (κ2) is 8.08. The van der Waals surface area contributed by atoms with Crippen LogP contribution in [0.4, 0.5) is 0 Å². The van der Waals surface area contributed by atoms with Gasteiger partial charge in [-0.1, -0.05) is 32.8 Å². The largest absolute Gasteiger partial charge is 0.375 e. The minimum absolute atomic E-state index is 0.0878. The molecule has 0 aromatic carbocycles. The van der Waals surface area contributed by atoms with E-state index in [0.717, 1.165) is 38.8 Å². The Kier molecular flexibility index (Phi) is 5.44. The monoisotopic (exact) mass is 408 g/mol. The fourth-order valence-corrected chi connectivity index (χ4v) is 6.36. The molecule has 2 aromatic heterocycles. The molecule has 1 saturated heterocycles. The van der Waals surface area contributed by atoms with E-state index in [1.54, 1.807) is 0 Å². The first kappa shape index (κ1) is 20.2. The third-order valence-electron chi connectivity index (χ3n) is 7.99. The van der Waals surface area contributed by atoms with E-state index in [1.807, 2.05) is 18.5 Å². The van der Waals surface area contributed by atoms with Gasteiger partial charge >= 0.3 is 0 Å². The maximum Gasteiger partial charge on any atom is 0.0691 e. The van der Waals surface area contributed by atoms with Crippen molar-refractivity contribution in [3.05, 3.63) is 48.0 Å². The molecule has 30 heavy (non-hydrogen) atoms. The lowest BCUT2D eigenvalue weighted by molar-refractivity contribution is -0.104. The lowest BCUT2D eigenvalue weighted by Gasteiger charge is -2.46. The van der Waals surface area contributed by atoms with Crippen molar-refractivity contribution >= 4 is 0 Å². The molecule has 0 bridgehead atoms.